The van der Waals surface area contributed by atoms with E-state index < -0.39 is 0 Å². The Morgan fingerprint density at radius 1 is 1.16 bits per heavy atom. The van der Waals surface area contributed by atoms with Crippen LogP contribution in [0.2, 0.25) is 0 Å². The molecule has 2 rings (SSSR count). The molecule has 0 aromatic heterocycles. The first-order valence-corrected chi connectivity index (χ1v) is 6.99. The summed E-state index contributed by atoms with van der Waals surface area (Å²) in [5, 5.41) is 0. The molecule has 2 unspecified atom stereocenters. The first kappa shape index (κ1) is 14.0. The van der Waals surface area contributed by atoms with Gasteiger partial charge in [-0.15, -0.1) is 0 Å². The molecule has 0 bridgehead atoms. The number of rotatable bonds is 4. The van der Waals surface area contributed by atoms with Crippen LogP contribution in [0.5, 0.6) is 0 Å². The number of hydrogen-bond donors (Lipinski definition) is 0. The van der Waals surface area contributed by atoms with Crippen molar-refractivity contribution in [2.24, 2.45) is 5.92 Å². The molecule has 104 valence electrons. The van der Waals surface area contributed by atoms with Crippen LogP contribution in [0.1, 0.15) is 45.6 Å². The lowest BCUT2D eigenvalue weighted by molar-refractivity contribution is -0.136. The largest absolute Gasteiger partial charge is 0.338 e. The van der Waals surface area contributed by atoms with Crippen LogP contribution in [0.4, 0.5) is 4.39 Å². The molecule has 0 saturated heterocycles. The summed E-state index contributed by atoms with van der Waals surface area (Å²) in [7, 11) is 0. The predicted octanol–water partition coefficient (Wildman–Crippen LogP) is 3.57. The zero-order valence-corrected chi connectivity index (χ0v) is 12.1. The quantitative estimate of drug-likeness (QED) is 0.813. The second-order valence-corrected chi connectivity index (χ2v) is 5.93. The van der Waals surface area contributed by atoms with Crippen molar-refractivity contribution in [3.8, 4) is 0 Å². The molecule has 2 nitrogen and oxygen atoms in total. The maximum atomic E-state index is 12.9. The Morgan fingerprint density at radius 3 is 2.16 bits per heavy atom. The average Bonchev–Trinajstić information content (AvgIpc) is 3.08. The molecule has 1 aromatic carbocycles. The van der Waals surface area contributed by atoms with Crippen LogP contribution in [0.15, 0.2) is 24.3 Å². The fourth-order valence-electron chi connectivity index (χ4n) is 2.84. The number of hydrogen-bond acceptors (Lipinski definition) is 1. The SMILES string of the molecule is CC(C)N(C(=O)C1CC1c1ccc(F)cc1)C(C)C. The number of halogens is 1. The van der Waals surface area contributed by atoms with Crippen LogP contribution in [0.25, 0.3) is 0 Å². The van der Waals surface area contributed by atoms with Gasteiger partial charge in [0.15, 0.2) is 0 Å². The molecule has 3 heteroatoms. The fraction of sp³-hybridized carbons (Fsp3) is 0.562. The molecule has 1 amide bonds. The molecule has 1 aliphatic carbocycles. The Morgan fingerprint density at radius 2 is 1.68 bits per heavy atom. The molecule has 0 N–H and O–H groups in total. The topological polar surface area (TPSA) is 20.3 Å². The third kappa shape index (κ3) is 2.96. The lowest BCUT2D eigenvalue weighted by Gasteiger charge is -2.31. The van der Waals surface area contributed by atoms with Crippen LogP contribution < -0.4 is 0 Å². The Labute approximate surface area is 114 Å². The smallest absolute Gasteiger partial charge is 0.226 e. The van der Waals surface area contributed by atoms with Gasteiger partial charge in [-0.25, -0.2) is 4.39 Å². The van der Waals surface area contributed by atoms with E-state index >= 15 is 0 Å². The highest BCUT2D eigenvalue weighted by atomic mass is 19.1. The summed E-state index contributed by atoms with van der Waals surface area (Å²) in [4.78, 5) is 14.4. The maximum Gasteiger partial charge on any atom is 0.226 e. The highest BCUT2D eigenvalue weighted by molar-refractivity contribution is 5.83. The summed E-state index contributed by atoms with van der Waals surface area (Å²) in [6.07, 6.45) is 0.889. The van der Waals surface area contributed by atoms with E-state index in [4.69, 9.17) is 0 Å². The summed E-state index contributed by atoms with van der Waals surface area (Å²) in [5.74, 6) is 0.362. The Bertz CT molecular complexity index is 444. The van der Waals surface area contributed by atoms with Crippen molar-refractivity contribution in [3.63, 3.8) is 0 Å². The third-order valence-electron chi connectivity index (χ3n) is 3.77. The van der Waals surface area contributed by atoms with E-state index in [1.54, 1.807) is 12.1 Å². The number of benzene rings is 1. The van der Waals surface area contributed by atoms with E-state index in [-0.39, 0.29) is 35.6 Å². The molecule has 0 heterocycles. The summed E-state index contributed by atoms with van der Waals surface area (Å²) < 4.78 is 12.9. The zero-order valence-electron chi connectivity index (χ0n) is 12.1. The van der Waals surface area contributed by atoms with E-state index in [1.165, 1.54) is 12.1 Å². The summed E-state index contributed by atoms with van der Waals surface area (Å²) in [5.41, 5.74) is 1.08. The monoisotopic (exact) mass is 263 g/mol. The van der Waals surface area contributed by atoms with E-state index in [0.29, 0.717) is 0 Å². The Balaban J connectivity index is 2.06. The minimum absolute atomic E-state index is 0.0789. The minimum Gasteiger partial charge on any atom is -0.338 e. The molecule has 1 fully saturated rings. The van der Waals surface area contributed by atoms with E-state index in [1.807, 2.05) is 32.6 Å². The minimum atomic E-state index is -0.224. The summed E-state index contributed by atoms with van der Waals surface area (Å²) in [6.45, 7) is 8.20. The highest BCUT2D eigenvalue weighted by Crippen LogP contribution is 2.48. The van der Waals surface area contributed by atoms with Crippen LogP contribution in [0.3, 0.4) is 0 Å². The summed E-state index contributed by atoms with van der Waals surface area (Å²) >= 11 is 0. The van der Waals surface area contributed by atoms with E-state index in [0.717, 1.165) is 12.0 Å². The molecule has 0 radical (unpaired) electrons. The lowest BCUT2D eigenvalue weighted by atomic mass is 10.1. The molecule has 1 aromatic rings. The van der Waals surface area contributed by atoms with Crippen LogP contribution in [-0.2, 0) is 4.79 Å². The van der Waals surface area contributed by atoms with Crippen LogP contribution >= 0.6 is 0 Å². The molecule has 0 spiro atoms. The predicted molar refractivity (Wildman–Crippen MR) is 74.4 cm³/mol. The molecule has 19 heavy (non-hydrogen) atoms. The number of nitrogens with zero attached hydrogens (tertiary/aromatic N) is 1. The molecule has 0 aliphatic heterocycles. The Hall–Kier alpha value is -1.38. The zero-order chi connectivity index (χ0) is 14.2. The number of carbonyl (C=O) groups excluding carboxylic acids is 1. The van der Waals surface area contributed by atoms with Gasteiger partial charge < -0.3 is 4.90 Å². The summed E-state index contributed by atoms with van der Waals surface area (Å²) in [6, 6.07) is 6.98. The maximum absolute atomic E-state index is 12.9. The number of carbonyl (C=O) groups is 1. The first-order chi connectivity index (χ1) is 8.91. The van der Waals surface area contributed by atoms with Crippen molar-refractivity contribution in [2.45, 2.75) is 52.1 Å². The van der Waals surface area contributed by atoms with Crippen molar-refractivity contribution >= 4 is 5.91 Å². The van der Waals surface area contributed by atoms with Gasteiger partial charge in [-0.1, -0.05) is 12.1 Å². The van der Waals surface area contributed by atoms with Gasteiger partial charge in [-0.05, 0) is 57.7 Å². The van der Waals surface area contributed by atoms with Gasteiger partial charge in [0, 0.05) is 18.0 Å². The lowest BCUT2D eigenvalue weighted by Crippen LogP contribution is -2.43. The van der Waals surface area contributed by atoms with Gasteiger partial charge in [-0.2, -0.15) is 0 Å². The van der Waals surface area contributed by atoms with Gasteiger partial charge in [0.2, 0.25) is 5.91 Å². The normalized spacial score (nSPS) is 21.8. The second-order valence-electron chi connectivity index (χ2n) is 5.93. The highest BCUT2D eigenvalue weighted by Gasteiger charge is 2.46. The van der Waals surface area contributed by atoms with Crippen LogP contribution in [0, 0.1) is 11.7 Å². The third-order valence-corrected chi connectivity index (χ3v) is 3.77. The van der Waals surface area contributed by atoms with Crippen LogP contribution in [-0.4, -0.2) is 22.9 Å². The second kappa shape index (κ2) is 5.32. The number of amides is 1. The van der Waals surface area contributed by atoms with Gasteiger partial charge in [0.25, 0.3) is 0 Å². The molecule has 1 aliphatic rings. The van der Waals surface area contributed by atoms with Crippen molar-refractivity contribution in [1.82, 2.24) is 4.90 Å². The van der Waals surface area contributed by atoms with Gasteiger partial charge >= 0.3 is 0 Å². The van der Waals surface area contributed by atoms with Gasteiger partial charge in [0.1, 0.15) is 5.82 Å². The molecule has 2 atom stereocenters. The molecular weight excluding hydrogens is 241 g/mol. The fourth-order valence-corrected chi connectivity index (χ4v) is 2.84. The average molecular weight is 263 g/mol. The molecule has 1 saturated carbocycles. The molecular formula is C16H22FNO. The van der Waals surface area contributed by atoms with Crippen molar-refractivity contribution in [1.29, 1.82) is 0 Å². The van der Waals surface area contributed by atoms with Gasteiger partial charge in [0.05, 0.1) is 0 Å². The van der Waals surface area contributed by atoms with Crippen molar-refractivity contribution < 1.29 is 9.18 Å². The standard InChI is InChI=1S/C16H22FNO/c1-10(2)18(11(3)4)16(19)15-9-14(15)12-5-7-13(17)8-6-12/h5-8,10-11,14-15H,9H2,1-4H3. The van der Waals surface area contributed by atoms with E-state index in [2.05, 4.69) is 0 Å². The van der Waals surface area contributed by atoms with Crippen molar-refractivity contribution in [3.05, 3.63) is 35.6 Å². The van der Waals surface area contributed by atoms with Gasteiger partial charge in [-0.3, -0.25) is 4.79 Å². The van der Waals surface area contributed by atoms with E-state index in [9.17, 15) is 9.18 Å². The van der Waals surface area contributed by atoms with Crippen molar-refractivity contribution in [2.75, 3.05) is 0 Å². The first-order valence-electron chi connectivity index (χ1n) is 6.99. The Kier molecular flexibility index (Phi) is 3.93.